The van der Waals surface area contributed by atoms with Crippen molar-refractivity contribution in [2.45, 2.75) is 24.8 Å². The zero-order chi connectivity index (χ0) is 7.35. The zero-order valence-corrected chi connectivity index (χ0v) is 5.84. The van der Waals surface area contributed by atoms with E-state index in [2.05, 4.69) is 0 Å². The summed E-state index contributed by atoms with van der Waals surface area (Å²) in [7, 11) is 0. The van der Waals surface area contributed by atoms with Crippen LogP contribution in [-0.4, -0.2) is 11.4 Å². The number of rotatable bonds is 1. The van der Waals surface area contributed by atoms with Crippen molar-refractivity contribution in [3.8, 4) is 0 Å². The van der Waals surface area contributed by atoms with Crippen LogP contribution in [0.1, 0.15) is 19.3 Å². The van der Waals surface area contributed by atoms with Gasteiger partial charge in [-0.3, -0.25) is 4.79 Å². The van der Waals surface area contributed by atoms with Gasteiger partial charge < -0.3 is 11.5 Å². The fraction of sp³-hybridized carbons (Fsp3) is 0.857. The van der Waals surface area contributed by atoms with E-state index in [1.807, 2.05) is 0 Å². The molecule has 2 aliphatic carbocycles. The molecular formula is C7H12N2O. The van der Waals surface area contributed by atoms with Gasteiger partial charge in [-0.2, -0.15) is 0 Å². The third-order valence-electron chi connectivity index (χ3n) is 2.81. The average molecular weight is 140 g/mol. The van der Waals surface area contributed by atoms with Crippen molar-refractivity contribution in [2.24, 2.45) is 23.3 Å². The number of amides is 1. The largest absolute Gasteiger partial charge is 0.368 e. The Morgan fingerprint density at radius 3 is 2.20 bits per heavy atom. The molecule has 3 nitrogen and oxygen atoms in total. The highest BCUT2D eigenvalue weighted by Crippen LogP contribution is 2.54. The van der Waals surface area contributed by atoms with Crippen molar-refractivity contribution in [1.82, 2.24) is 0 Å². The van der Waals surface area contributed by atoms with Crippen LogP contribution in [0.2, 0.25) is 0 Å². The molecule has 1 amide bonds. The van der Waals surface area contributed by atoms with Crippen molar-refractivity contribution >= 4 is 5.91 Å². The van der Waals surface area contributed by atoms with Crippen LogP contribution in [0, 0.1) is 11.8 Å². The number of hydrogen-bond donors (Lipinski definition) is 2. The second-order valence-corrected chi connectivity index (χ2v) is 3.68. The number of primary amides is 1. The third kappa shape index (κ3) is 0.669. The molecule has 2 unspecified atom stereocenters. The number of nitrogens with two attached hydrogens (primary N) is 2. The van der Waals surface area contributed by atoms with Gasteiger partial charge in [-0.1, -0.05) is 0 Å². The normalized spacial score (nSPS) is 50.5. The molecule has 2 atom stereocenters. The summed E-state index contributed by atoms with van der Waals surface area (Å²) in [4.78, 5) is 10.8. The molecule has 0 saturated heterocycles. The Labute approximate surface area is 59.8 Å². The summed E-state index contributed by atoms with van der Waals surface area (Å²) >= 11 is 0. The highest BCUT2D eigenvalue weighted by Gasteiger charge is 2.54. The monoisotopic (exact) mass is 140 g/mol. The van der Waals surface area contributed by atoms with Gasteiger partial charge in [0.05, 0.1) is 5.54 Å². The predicted octanol–water partition coefficient (Wildman–Crippen LogP) is -0.401. The highest BCUT2D eigenvalue weighted by molar-refractivity contribution is 5.85. The molecule has 2 rings (SSSR count). The first-order valence-corrected chi connectivity index (χ1v) is 3.70. The molecular weight excluding hydrogens is 128 g/mol. The van der Waals surface area contributed by atoms with E-state index in [0.29, 0.717) is 0 Å². The third-order valence-corrected chi connectivity index (χ3v) is 2.81. The van der Waals surface area contributed by atoms with E-state index in [4.69, 9.17) is 11.5 Å². The van der Waals surface area contributed by atoms with Crippen LogP contribution < -0.4 is 11.5 Å². The van der Waals surface area contributed by atoms with Gasteiger partial charge >= 0.3 is 0 Å². The Morgan fingerprint density at radius 2 is 1.90 bits per heavy atom. The smallest absolute Gasteiger partial charge is 0.237 e. The van der Waals surface area contributed by atoms with Crippen molar-refractivity contribution < 1.29 is 4.79 Å². The van der Waals surface area contributed by atoms with E-state index < -0.39 is 5.54 Å². The number of hydrogen-bond acceptors (Lipinski definition) is 2. The lowest BCUT2D eigenvalue weighted by Gasteiger charge is -2.20. The lowest BCUT2D eigenvalue weighted by Crippen LogP contribution is -2.50. The zero-order valence-electron chi connectivity index (χ0n) is 5.84. The second-order valence-electron chi connectivity index (χ2n) is 3.68. The van der Waals surface area contributed by atoms with Crippen molar-refractivity contribution in [2.75, 3.05) is 0 Å². The van der Waals surface area contributed by atoms with Gasteiger partial charge in [-0.05, 0) is 31.1 Å². The molecule has 0 aromatic rings. The SMILES string of the molecule is NC(=O)C1(N)CC2CC2C1. The summed E-state index contributed by atoms with van der Waals surface area (Å²) in [5, 5.41) is 0. The van der Waals surface area contributed by atoms with Crippen LogP contribution >= 0.6 is 0 Å². The van der Waals surface area contributed by atoms with E-state index in [-0.39, 0.29) is 5.91 Å². The standard InChI is InChI=1S/C7H12N2O/c8-6(10)7(9)2-4-1-5(4)3-7/h4-5H,1-3,9H2,(H2,8,10). The first kappa shape index (κ1) is 6.16. The summed E-state index contributed by atoms with van der Waals surface area (Å²) in [6.07, 6.45) is 2.92. The molecule has 0 aliphatic heterocycles. The predicted molar refractivity (Wildman–Crippen MR) is 36.9 cm³/mol. The topological polar surface area (TPSA) is 69.1 Å². The minimum atomic E-state index is -0.645. The minimum absolute atomic E-state index is 0.320. The van der Waals surface area contributed by atoms with Crippen LogP contribution in [0.5, 0.6) is 0 Å². The lowest BCUT2D eigenvalue weighted by molar-refractivity contribution is -0.123. The molecule has 2 saturated carbocycles. The lowest BCUT2D eigenvalue weighted by atomic mass is 9.94. The molecule has 56 valence electrons. The van der Waals surface area contributed by atoms with Gasteiger partial charge in [0.25, 0.3) is 0 Å². The van der Waals surface area contributed by atoms with Gasteiger partial charge in [0.2, 0.25) is 5.91 Å². The minimum Gasteiger partial charge on any atom is -0.368 e. The Hall–Kier alpha value is -0.570. The summed E-state index contributed by atoms with van der Waals surface area (Å²) in [5.74, 6) is 1.12. The van der Waals surface area contributed by atoms with Crippen LogP contribution in [0.25, 0.3) is 0 Å². The summed E-state index contributed by atoms with van der Waals surface area (Å²) < 4.78 is 0. The molecule has 0 radical (unpaired) electrons. The van der Waals surface area contributed by atoms with E-state index in [1.165, 1.54) is 6.42 Å². The van der Waals surface area contributed by atoms with Crippen molar-refractivity contribution in [3.63, 3.8) is 0 Å². The number of carbonyl (C=O) groups excluding carboxylic acids is 1. The van der Waals surface area contributed by atoms with Crippen LogP contribution in [0.3, 0.4) is 0 Å². The van der Waals surface area contributed by atoms with Gasteiger partial charge in [-0.25, -0.2) is 0 Å². The van der Waals surface area contributed by atoms with E-state index in [9.17, 15) is 4.79 Å². The molecule has 10 heavy (non-hydrogen) atoms. The maximum absolute atomic E-state index is 10.8. The molecule has 2 aliphatic rings. The van der Waals surface area contributed by atoms with Gasteiger partial charge in [0.15, 0.2) is 0 Å². The van der Waals surface area contributed by atoms with Crippen molar-refractivity contribution in [1.29, 1.82) is 0 Å². The highest BCUT2D eigenvalue weighted by atomic mass is 16.1. The van der Waals surface area contributed by atoms with Crippen LogP contribution in [0.4, 0.5) is 0 Å². The molecule has 0 aromatic carbocycles. The fourth-order valence-corrected chi connectivity index (χ4v) is 2.03. The molecule has 0 heterocycles. The molecule has 0 spiro atoms. The van der Waals surface area contributed by atoms with Crippen LogP contribution in [0.15, 0.2) is 0 Å². The van der Waals surface area contributed by atoms with E-state index in [0.717, 1.165) is 24.7 Å². The summed E-state index contributed by atoms with van der Waals surface area (Å²) in [6, 6.07) is 0. The number of carbonyl (C=O) groups is 1. The average Bonchev–Trinajstić information content (AvgIpc) is 2.41. The summed E-state index contributed by atoms with van der Waals surface area (Å²) in [5.41, 5.74) is 10.3. The van der Waals surface area contributed by atoms with Crippen LogP contribution in [-0.2, 0) is 4.79 Å². The van der Waals surface area contributed by atoms with E-state index >= 15 is 0 Å². The Balaban J connectivity index is 2.11. The summed E-state index contributed by atoms with van der Waals surface area (Å²) in [6.45, 7) is 0. The maximum Gasteiger partial charge on any atom is 0.237 e. The Kier molecular flexibility index (Phi) is 0.944. The molecule has 2 fully saturated rings. The first-order chi connectivity index (χ1) is 4.62. The fourth-order valence-electron chi connectivity index (χ4n) is 2.03. The molecule has 0 aromatic heterocycles. The molecule has 3 heteroatoms. The van der Waals surface area contributed by atoms with Gasteiger partial charge in [-0.15, -0.1) is 0 Å². The quantitative estimate of drug-likeness (QED) is 0.520. The Morgan fingerprint density at radius 1 is 1.40 bits per heavy atom. The number of fused-ring (bicyclic) bond motifs is 1. The van der Waals surface area contributed by atoms with Gasteiger partial charge in [0.1, 0.15) is 0 Å². The second kappa shape index (κ2) is 1.53. The molecule has 0 bridgehead atoms. The van der Waals surface area contributed by atoms with E-state index in [1.54, 1.807) is 0 Å². The Bertz CT molecular complexity index is 180. The first-order valence-electron chi connectivity index (χ1n) is 3.70. The van der Waals surface area contributed by atoms with Crippen molar-refractivity contribution in [3.05, 3.63) is 0 Å². The van der Waals surface area contributed by atoms with Gasteiger partial charge in [0, 0.05) is 0 Å². The molecule has 4 N–H and O–H groups in total. The maximum atomic E-state index is 10.8.